The van der Waals surface area contributed by atoms with E-state index in [1.165, 1.54) is 20.4 Å². The van der Waals surface area contributed by atoms with E-state index < -0.39 is 0 Å². The van der Waals surface area contributed by atoms with Crippen molar-refractivity contribution >= 4 is 5.91 Å². The van der Waals surface area contributed by atoms with Crippen LogP contribution in [0, 0.1) is 6.58 Å². The van der Waals surface area contributed by atoms with Crippen molar-refractivity contribution in [3.8, 4) is 0 Å². The average molecular weight is 327 g/mol. The third-order valence-electron chi connectivity index (χ3n) is 0.996. The third kappa shape index (κ3) is 6.07. The molecule has 0 unspecified atom stereocenters. The van der Waals surface area contributed by atoms with Crippen LogP contribution in [-0.2, 0) is 30.7 Å². The number of carbonyl (C=O) groups is 1. The quantitative estimate of drug-likeness (QED) is 0.561. The van der Waals surface area contributed by atoms with Crippen molar-refractivity contribution in [2.45, 2.75) is 0 Å². The summed E-state index contributed by atoms with van der Waals surface area (Å²) < 4.78 is 0. The molecule has 5 heteroatoms. The molecule has 0 rings (SSSR count). The van der Waals surface area contributed by atoms with Gasteiger partial charge in [-0.05, 0) is 0 Å². The summed E-state index contributed by atoms with van der Waals surface area (Å²) in [6.07, 6.45) is 1.21. The number of amides is 1. The second-order valence-corrected chi connectivity index (χ2v) is 1.62. The number of hydroxylamine groups is 2. The normalized spacial score (nSPS) is 7.82. The maximum atomic E-state index is 10.8. The van der Waals surface area contributed by atoms with Crippen LogP contribution < -0.4 is 5.32 Å². The van der Waals surface area contributed by atoms with E-state index in [-0.39, 0.29) is 33.5 Å². The van der Waals surface area contributed by atoms with E-state index in [1.807, 2.05) is 0 Å². The van der Waals surface area contributed by atoms with Crippen molar-refractivity contribution in [1.82, 2.24) is 10.4 Å². The predicted octanol–water partition coefficient (Wildman–Crippen LogP) is -0.460. The molecule has 0 radical (unpaired) electrons. The molecule has 0 aliphatic heterocycles. The molecular weight excluding hydrogens is 316 g/mol. The fourth-order valence-corrected chi connectivity index (χ4v) is 0.359. The maximum absolute atomic E-state index is 10.8. The number of nitrogens with zero attached hydrogens (tertiary/aromatic N) is 1. The van der Waals surface area contributed by atoms with Gasteiger partial charge in [-0.1, -0.05) is 0 Å². The second kappa shape index (κ2) is 7.76. The minimum Gasteiger partial charge on any atom is -0.497 e. The summed E-state index contributed by atoms with van der Waals surface area (Å²) in [6.45, 7) is 5.12. The minimum atomic E-state index is -0.177. The van der Waals surface area contributed by atoms with Gasteiger partial charge in [0.2, 0.25) is 0 Å². The molecule has 0 fully saturated rings. The fraction of sp³-hybridized carbons (Fsp3) is 0.500. The second-order valence-electron chi connectivity index (χ2n) is 1.62. The van der Waals surface area contributed by atoms with Crippen LogP contribution in [-0.4, -0.2) is 31.7 Å². The first kappa shape index (κ1) is 13.3. The SMILES string of the molecule is [CH-]=CNCC(=O)N(C)OC.[W]. The number of hydrogen-bond donors (Lipinski definition) is 1. The van der Waals surface area contributed by atoms with E-state index in [2.05, 4.69) is 10.2 Å². The van der Waals surface area contributed by atoms with Crippen molar-refractivity contribution in [2.75, 3.05) is 20.7 Å². The van der Waals surface area contributed by atoms with E-state index in [1.54, 1.807) is 0 Å². The monoisotopic (exact) mass is 327 g/mol. The number of nitrogens with one attached hydrogen (secondary N) is 1. The Morgan fingerprint density at radius 2 is 2.36 bits per heavy atom. The van der Waals surface area contributed by atoms with Gasteiger partial charge in [0.15, 0.2) is 0 Å². The Morgan fingerprint density at radius 1 is 1.82 bits per heavy atom. The molecule has 11 heavy (non-hydrogen) atoms. The van der Waals surface area contributed by atoms with Crippen LogP contribution >= 0.6 is 0 Å². The molecule has 0 atom stereocenters. The van der Waals surface area contributed by atoms with Gasteiger partial charge in [-0.2, -0.15) is 6.20 Å². The van der Waals surface area contributed by atoms with Crippen molar-refractivity contribution in [2.24, 2.45) is 0 Å². The van der Waals surface area contributed by atoms with Crippen molar-refractivity contribution < 1.29 is 30.7 Å². The van der Waals surface area contributed by atoms with E-state index in [9.17, 15) is 4.79 Å². The Hall–Kier alpha value is -0.342. The molecule has 0 aliphatic carbocycles. The zero-order chi connectivity index (χ0) is 7.98. The Labute approximate surface area is 80.8 Å². The van der Waals surface area contributed by atoms with Crippen molar-refractivity contribution in [1.29, 1.82) is 0 Å². The fourth-order valence-electron chi connectivity index (χ4n) is 0.359. The molecule has 0 aliphatic rings. The number of likely N-dealkylation sites (N-methyl/N-ethyl adjacent to an activating group) is 1. The zero-order valence-electron chi connectivity index (χ0n) is 6.53. The summed E-state index contributed by atoms with van der Waals surface area (Å²) in [5, 5.41) is 3.67. The summed E-state index contributed by atoms with van der Waals surface area (Å²) in [4.78, 5) is 15.4. The van der Waals surface area contributed by atoms with E-state index in [0.29, 0.717) is 0 Å². The predicted molar refractivity (Wildman–Crippen MR) is 36.7 cm³/mol. The number of carbonyl (C=O) groups excluding carboxylic acids is 1. The van der Waals surface area contributed by atoms with E-state index in [0.717, 1.165) is 5.06 Å². The zero-order valence-corrected chi connectivity index (χ0v) is 9.47. The molecule has 0 aromatic rings. The Balaban J connectivity index is 0. The van der Waals surface area contributed by atoms with Gasteiger partial charge in [0.05, 0.1) is 13.7 Å². The van der Waals surface area contributed by atoms with Gasteiger partial charge in [-0.25, -0.2) is 5.06 Å². The van der Waals surface area contributed by atoms with E-state index >= 15 is 0 Å². The topological polar surface area (TPSA) is 41.6 Å². The Kier molecular flexibility index (Phi) is 9.36. The van der Waals surface area contributed by atoms with Gasteiger partial charge >= 0.3 is 0 Å². The molecule has 0 aromatic heterocycles. The average Bonchev–Trinajstić information content (AvgIpc) is 1.98. The van der Waals surface area contributed by atoms with Crippen LogP contribution in [0.5, 0.6) is 0 Å². The third-order valence-corrected chi connectivity index (χ3v) is 0.996. The smallest absolute Gasteiger partial charge is 0.264 e. The van der Waals surface area contributed by atoms with E-state index in [4.69, 9.17) is 6.58 Å². The molecule has 0 heterocycles. The first-order chi connectivity index (χ1) is 4.72. The summed E-state index contributed by atoms with van der Waals surface area (Å²) in [5.41, 5.74) is 0. The van der Waals surface area contributed by atoms with Crippen LogP contribution in [0.4, 0.5) is 0 Å². The van der Waals surface area contributed by atoms with Gasteiger partial charge in [0.25, 0.3) is 5.91 Å². The summed E-state index contributed by atoms with van der Waals surface area (Å²) in [6, 6.07) is 0. The first-order valence-electron chi connectivity index (χ1n) is 2.79. The van der Waals surface area contributed by atoms with Gasteiger partial charge in [0.1, 0.15) is 0 Å². The van der Waals surface area contributed by atoms with Crippen LogP contribution in [0.15, 0.2) is 6.20 Å². The van der Waals surface area contributed by atoms with Gasteiger partial charge < -0.3 is 11.9 Å². The Bertz CT molecular complexity index is 130. The van der Waals surface area contributed by atoms with Crippen LogP contribution in [0.3, 0.4) is 0 Å². The van der Waals surface area contributed by atoms with Gasteiger partial charge in [0, 0.05) is 28.1 Å². The maximum Gasteiger partial charge on any atom is 0.264 e. The number of rotatable bonds is 4. The first-order valence-corrected chi connectivity index (χ1v) is 2.79. The molecule has 4 nitrogen and oxygen atoms in total. The molecule has 1 N–H and O–H groups in total. The standard InChI is InChI=1S/C6H11N2O2.W/c1-4-7-5-6(9)8(2)10-3;/h1,4,7H,5H2,2-3H3;/q-1;. The molecular formula is C6H11N2O2W-. The van der Waals surface area contributed by atoms with Gasteiger partial charge in [-0.3, -0.25) is 9.63 Å². The number of hydrogen-bond acceptors (Lipinski definition) is 3. The summed E-state index contributed by atoms with van der Waals surface area (Å²) in [5.74, 6) is -0.177. The van der Waals surface area contributed by atoms with Crippen LogP contribution in [0.25, 0.3) is 0 Å². The Morgan fingerprint density at radius 3 is 2.73 bits per heavy atom. The summed E-state index contributed by atoms with van der Waals surface area (Å²) >= 11 is 0. The van der Waals surface area contributed by atoms with Gasteiger partial charge in [-0.15, -0.1) is 0 Å². The minimum absolute atomic E-state index is 0. The molecule has 0 saturated heterocycles. The molecule has 0 bridgehead atoms. The van der Waals surface area contributed by atoms with Crippen LogP contribution in [0.2, 0.25) is 0 Å². The largest absolute Gasteiger partial charge is 0.497 e. The summed E-state index contributed by atoms with van der Waals surface area (Å²) in [7, 11) is 2.95. The van der Waals surface area contributed by atoms with Crippen LogP contribution in [0.1, 0.15) is 0 Å². The molecule has 0 spiro atoms. The molecule has 0 aromatic carbocycles. The van der Waals surface area contributed by atoms with Crippen molar-refractivity contribution in [3.05, 3.63) is 12.8 Å². The van der Waals surface area contributed by atoms with Crippen molar-refractivity contribution in [3.63, 3.8) is 0 Å². The molecule has 0 saturated carbocycles. The molecule has 64 valence electrons. The molecule has 1 amide bonds.